The number of rotatable bonds is 10. The maximum Gasteiger partial charge on any atom is 0.338 e. The SMILES string of the molecule is CC(=O)NC(CCOC(=O)c1ccc(OC(C)C)c(C#N)c1)Cc1ccc(-c2c[nH]c(C(C)(C)C)n2)cc1. The Bertz CT molecular complexity index is 1300. The van der Waals surface area contributed by atoms with E-state index in [4.69, 9.17) is 14.5 Å². The third-order valence-electron chi connectivity index (χ3n) is 5.83. The molecule has 0 fully saturated rings. The maximum absolute atomic E-state index is 12.6. The van der Waals surface area contributed by atoms with Gasteiger partial charge in [-0.05, 0) is 44.0 Å². The highest BCUT2D eigenvalue weighted by Crippen LogP contribution is 2.24. The van der Waals surface area contributed by atoms with Crippen molar-refractivity contribution >= 4 is 11.9 Å². The van der Waals surface area contributed by atoms with Gasteiger partial charge in [0.1, 0.15) is 17.6 Å². The fourth-order valence-electron chi connectivity index (χ4n) is 3.94. The molecule has 2 N–H and O–H groups in total. The monoisotopic (exact) mass is 516 g/mol. The van der Waals surface area contributed by atoms with Gasteiger partial charge >= 0.3 is 5.97 Å². The lowest BCUT2D eigenvalue weighted by Gasteiger charge is -2.18. The largest absolute Gasteiger partial charge is 0.490 e. The van der Waals surface area contributed by atoms with E-state index < -0.39 is 5.97 Å². The molecule has 0 aliphatic rings. The number of nitrogens with one attached hydrogen (secondary N) is 2. The Kier molecular flexibility index (Phi) is 9.30. The number of carbonyl (C=O) groups is 2. The van der Waals surface area contributed by atoms with E-state index in [2.05, 4.69) is 37.1 Å². The minimum absolute atomic E-state index is 0.0587. The van der Waals surface area contributed by atoms with Crippen LogP contribution >= 0.6 is 0 Å². The number of esters is 1. The van der Waals surface area contributed by atoms with Crippen LogP contribution in [-0.4, -0.2) is 40.6 Å². The summed E-state index contributed by atoms with van der Waals surface area (Å²) in [5.74, 6) is 0.680. The summed E-state index contributed by atoms with van der Waals surface area (Å²) in [5, 5.41) is 12.3. The van der Waals surface area contributed by atoms with Gasteiger partial charge in [0.25, 0.3) is 0 Å². The molecule has 0 aliphatic heterocycles. The van der Waals surface area contributed by atoms with Gasteiger partial charge in [0.15, 0.2) is 0 Å². The van der Waals surface area contributed by atoms with Gasteiger partial charge in [0.2, 0.25) is 5.91 Å². The van der Waals surface area contributed by atoms with Crippen LogP contribution < -0.4 is 10.1 Å². The van der Waals surface area contributed by atoms with Gasteiger partial charge in [-0.1, -0.05) is 45.0 Å². The molecule has 1 unspecified atom stereocenters. The standard InChI is InChI=1S/C30H36N4O4/c1-19(2)38-27-12-11-23(16-24(27)17-31)28(36)37-14-13-25(33-20(3)35)15-21-7-9-22(10-8-21)26-18-32-29(34-26)30(4,5)6/h7-12,16,18-19,25H,13-15H2,1-6H3,(H,32,34)(H,33,35). The van der Waals surface area contributed by atoms with E-state index in [1.54, 1.807) is 12.1 Å². The normalized spacial score (nSPS) is 12.1. The molecule has 3 rings (SSSR count). The summed E-state index contributed by atoms with van der Waals surface area (Å²) >= 11 is 0. The molecule has 0 aliphatic carbocycles. The predicted molar refractivity (Wildman–Crippen MR) is 146 cm³/mol. The lowest BCUT2D eigenvalue weighted by molar-refractivity contribution is -0.119. The average Bonchev–Trinajstić information content (AvgIpc) is 3.35. The summed E-state index contributed by atoms with van der Waals surface area (Å²) in [6, 6.07) is 14.6. The highest BCUT2D eigenvalue weighted by molar-refractivity contribution is 5.90. The molecule has 1 amide bonds. The van der Waals surface area contributed by atoms with Crippen molar-refractivity contribution in [2.75, 3.05) is 6.61 Å². The van der Waals surface area contributed by atoms with Crippen molar-refractivity contribution in [3.8, 4) is 23.1 Å². The number of carbonyl (C=O) groups excluding carboxylic acids is 2. The van der Waals surface area contributed by atoms with Crippen molar-refractivity contribution < 1.29 is 19.1 Å². The maximum atomic E-state index is 12.6. The smallest absolute Gasteiger partial charge is 0.338 e. The molecule has 8 nitrogen and oxygen atoms in total. The van der Waals surface area contributed by atoms with Crippen LogP contribution in [0.1, 0.15) is 75.3 Å². The van der Waals surface area contributed by atoms with Crippen molar-refractivity contribution in [3.63, 3.8) is 0 Å². The fourth-order valence-corrected chi connectivity index (χ4v) is 3.94. The molecular weight excluding hydrogens is 480 g/mol. The lowest BCUT2D eigenvalue weighted by Crippen LogP contribution is -2.36. The number of hydrogen-bond acceptors (Lipinski definition) is 6. The van der Waals surface area contributed by atoms with Gasteiger partial charge in [-0.25, -0.2) is 9.78 Å². The molecule has 200 valence electrons. The quantitative estimate of drug-likeness (QED) is 0.352. The number of nitrogens with zero attached hydrogens (tertiary/aromatic N) is 2. The second-order valence-corrected chi connectivity index (χ2v) is 10.6. The van der Waals surface area contributed by atoms with E-state index in [1.807, 2.05) is 44.3 Å². The summed E-state index contributed by atoms with van der Waals surface area (Å²) in [6.07, 6.45) is 2.86. The second kappa shape index (κ2) is 12.4. The van der Waals surface area contributed by atoms with Gasteiger partial charge in [-0.3, -0.25) is 4.79 Å². The van der Waals surface area contributed by atoms with Crippen LogP contribution in [0.15, 0.2) is 48.7 Å². The Hall–Kier alpha value is -4.12. The second-order valence-electron chi connectivity index (χ2n) is 10.6. The van der Waals surface area contributed by atoms with E-state index in [1.165, 1.54) is 13.0 Å². The highest BCUT2D eigenvalue weighted by Gasteiger charge is 2.19. The van der Waals surface area contributed by atoms with Crippen molar-refractivity contribution in [1.82, 2.24) is 15.3 Å². The molecule has 2 aromatic carbocycles. The van der Waals surface area contributed by atoms with Crippen molar-refractivity contribution in [3.05, 3.63) is 71.2 Å². The Morgan fingerprint density at radius 1 is 1.13 bits per heavy atom. The van der Waals surface area contributed by atoms with Crippen LogP contribution in [0.3, 0.4) is 0 Å². The number of H-pyrrole nitrogens is 1. The van der Waals surface area contributed by atoms with Crippen molar-refractivity contribution in [2.45, 2.75) is 71.9 Å². The van der Waals surface area contributed by atoms with E-state index in [-0.39, 0.29) is 41.2 Å². The first-order chi connectivity index (χ1) is 18.0. The number of ether oxygens (including phenoxy) is 2. The van der Waals surface area contributed by atoms with Crippen LogP contribution in [0.25, 0.3) is 11.3 Å². The first-order valence-corrected chi connectivity index (χ1v) is 12.8. The summed E-state index contributed by atoms with van der Waals surface area (Å²) in [5.41, 5.74) is 3.43. The van der Waals surface area contributed by atoms with Gasteiger partial charge in [0, 0.05) is 36.6 Å². The molecule has 1 atom stereocenters. The number of aromatic amines is 1. The predicted octanol–water partition coefficient (Wildman–Crippen LogP) is 5.33. The number of aromatic nitrogens is 2. The zero-order valence-corrected chi connectivity index (χ0v) is 22.9. The van der Waals surface area contributed by atoms with E-state index >= 15 is 0 Å². The van der Waals surface area contributed by atoms with E-state index in [0.29, 0.717) is 18.6 Å². The van der Waals surface area contributed by atoms with Crippen LogP contribution in [0, 0.1) is 11.3 Å². The Morgan fingerprint density at radius 2 is 1.84 bits per heavy atom. The molecule has 1 heterocycles. The Labute approximate surface area is 224 Å². The molecule has 3 aromatic rings. The molecule has 0 spiro atoms. The number of hydrogen-bond donors (Lipinski definition) is 2. The van der Waals surface area contributed by atoms with Crippen molar-refractivity contribution in [1.29, 1.82) is 5.26 Å². The summed E-state index contributed by atoms with van der Waals surface area (Å²) in [6.45, 7) is 11.7. The Morgan fingerprint density at radius 3 is 2.42 bits per heavy atom. The molecule has 38 heavy (non-hydrogen) atoms. The fraction of sp³-hybridized carbons (Fsp3) is 0.400. The van der Waals surface area contributed by atoms with Crippen LogP contribution in [0.4, 0.5) is 0 Å². The molecule has 8 heteroatoms. The zero-order valence-electron chi connectivity index (χ0n) is 22.9. The first kappa shape index (κ1) is 28.5. The van der Waals surface area contributed by atoms with E-state index in [9.17, 15) is 14.9 Å². The first-order valence-electron chi connectivity index (χ1n) is 12.8. The van der Waals surface area contributed by atoms with Crippen LogP contribution in [-0.2, 0) is 21.4 Å². The molecular formula is C30H36N4O4. The molecule has 0 saturated heterocycles. The summed E-state index contributed by atoms with van der Waals surface area (Å²) in [7, 11) is 0. The summed E-state index contributed by atoms with van der Waals surface area (Å²) in [4.78, 5) is 32.3. The van der Waals surface area contributed by atoms with Gasteiger partial charge in [0.05, 0.1) is 29.5 Å². The van der Waals surface area contributed by atoms with Gasteiger partial charge in [-0.15, -0.1) is 0 Å². The third kappa shape index (κ3) is 7.94. The van der Waals surface area contributed by atoms with Crippen LogP contribution in [0.5, 0.6) is 5.75 Å². The molecule has 1 aromatic heterocycles. The average molecular weight is 517 g/mol. The molecule has 0 radical (unpaired) electrons. The van der Waals surface area contributed by atoms with Crippen LogP contribution in [0.2, 0.25) is 0 Å². The highest BCUT2D eigenvalue weighted by atomic mass is 16.5. The third-order valence-corrected chi connectivity index (χ3v) is 5.83. The van der Waals surface area contributed by atoms with E-state index in [0.717, 1.165) is 22.6 Å². The molecule has 0 saturated carbocycles. The number of imidazole rings is 1. The number of benzene rings is 2. The number of amides is 1. The van der Waals surface area contributed by atoms with Gasteiger partial charge < -0.3 is 19.8 Å². The lowest BCUT2D eigenvalue weighted by atomic mass is 9.96. The van der Waals surface area contributed by atoms with Gasteiger partial charge in [-0.2, -0.15) is 5.26 Å². The Balaban J connectivity index is 1.60. The minimum Gasteiger partial charge on any atom is -0.490 e. The molecule has 0 bridgehead atoms. The van der Waals surface area contributed by atoms with Crippen molar-refractivity contribution in [2.24, 2.45) is 0 Å². The number of nitriles is 1. The topological polar surface area (TPSA) is 117 Å². The summed E-state index contributed by atoms with van der Waals surface area (Å²) < 4.78 is 11.1. The zero-order chi connectivity index (χ0) is 27.9. The minimum atomic E-state index is -0.530.